The van der Waals surface area contributed by atoms with Gasteiger partial charge in [-0.1, -0.05) is 27.7 Å². The van der Waals surface area contributed by atoms with Crippen molar-refractivity contribution in [1.29, 1.82) is 0 Å². The second kappa shape index (κ2) is 13.3. The standard InChI is InChI=1S/C7H11OPS.C6H9OPS.C6H7OPS/c1-5-6(4-8-2)3-7(9)10-5;2*1-4-5(3-7)2-6(8)9-4/h3H,4,9H2,1-2H3;2,7H,3,8H2,1H3;2-3H,8H2,1H3. The molecule has 3 unspecified atom stereocenters. The van der Waals surface area contributed by atoms with Crippen LogP contribution in [-0.4, -0.2) is 18.5 Å². The van der Waals surface area contributed by atoms with Crippen molar-refractivity contribution in [2.75, 3.05) is 7.11 Å². The number of aliphatic hydroxyl groups is 1. The smallest absolute Gasteiger partial charge is 0.151 e. The Hall–Kier alpha value is -0.0200. The van der Waals surface area contributed by atoms with Crippen molar-refractivity contribution < 1.29 is 14.6 Å². The van der Waals surface area contributed by atoms with Gasteiger partial charge >= 0.3 is 0 Å². The highest BCUT2D eigenvalue weighted by atomic mass is 32.1. The van der Waals surface area contributed by atoms with Gasteiger partial charge in [-0.3, -0.25) is 4.79 Å². The van der Waals surface area contributed by atoms with E-state index in [4.69, 9.17) is 9.84 Å². The lowest BCUT2D eigenvalue weighted by Gasteiger charge is -1.94. The number of aliphatic hydroxyl groups excluding tert-OH is 1. The molecule has 9 heteroatoms. The molecular formula is C19H27O3P3S3. The van der Waals surface area contributed by atoms with Crippen LogP contribution in [0.1, 0.15) is 36.1 Å². The number of rotatable bonds is 4. The van der Waals surface area contributed by atoms with Gasteiger partial charge in [0.1, 0.15) is 0 Å². The highest BCUT2D eigenvalue weighted by Crippen LogP contribution is 2.16. The first kappa shape index (κ1) is 26.0. The molecule has 3 nitrogen and oxygen atoms in total. The molecule has 0 spiro atoms. The number of aldehydes is 1. The maximum Gasteiger partial charge on any atom is 0.151 e. The minimum absolute atomic E-state index is 0.163. The van der Waals surface area contributed by atoms with Gasteiger partial charge in [0.2, 0.25) is 0 Å². The first-order chi connectivity index (χ1) is 13.2. The molecule has 0 saturated carbocycles. The third-order valence-corrected chi connectivity index (χ3v) is 7.95. The van der Waals surface area contributed by atoms with Gasteiger partial charge in [0.05, 0.1) is 13.2 Å². The SMILES string of the molecule is COCc1cc(P)sc1C.Cc1sc(P)cc1C=O.Cc1sc(P)cc1CO. The third-order valence-electron chi connectivity index (χ3n) is 3.65. The van der Waals surface area contributed by atoms with Crippen molar-refractivity contribution in [1.82, 2.24) is 0 Å². The first-order valence-electron chi connectivity index (χ1n) is 8.32. The quantitative estimate of drug-likeness (QED) is 0.440. The molecule has 1 N–H and O–H groups in total. The van der Waals surface area contributed by atoms with Crippen LogP contribution in [-0.2, 0) is 18.0 Å². The van der Waals surface area contributed by atoms with Crippen LogP contribution in [0.15, 0.2) is 18.2 Å². The van der Waals surface area contributed by atoms with Crippen LogP contribution in [0, 0.1) is 20.8 Å². The number of hydrogen-bond donors (Lipinski definition) is 1. The summed E-state index contributed by atoms with van der Waals surface area (Å²) in [5.74, 6) is 0. The van der Waals surface area contributed by atoms with E-state index >= 15 is 0 Å². The molecule has 0 aliphatic rings. The summed E-state index contributed by atoms with van der Waals surface area (Å²) < 4.78 is 8.61. The molecular weight excluding hydrogens is 465 g/mol. The highest BCUT2D eigenvalue weighted by molar-refractivity contribution is 7.44. The van der Waals surface area contributed by atoms with Gasteiger partial charge < -0.3 is 9.84 Å². The predicted molar refractivity (Wildman–Crippen MR) is 137 cm³/mol. The van der Waals surface area contributed by atoms with E-state index < -0.39 is 0 Å². The number of carbonyl (C=O) groups is 1. The van der Waals surface area contributed by atoms with E-state index in [-0.39, 0.29) is 6.61 Å². The Morgan fingerprint density at radius 1 is 0.893 bits per heavy atom. The van der Waals surface area contributed by atoms with E-state index in [2.05, 4.69) is 40.7 Å². The summed E-state index contributed by atoms with van der Waals surface area (Å²) in [5, 5.41) is 8.73. The summed E-state index contributed by atoms with van der Waals surface area (Å²) in [6, 6.07) is 6.01. The average molecular weight is 493 g/mol. The van der Waals surface area contributed by atoms with E-state index in [1.54, 1.807) is 41.1 Å². The summed E-state index contributed by atoms with van der Waals surface area (Å²) in [7, 11) is 9.61. The fourth-order valence-electron chi connectivity index (χ4n) is 2.18. The van der Waals surface area contributed by atoms with Gasteiger partial charge in [-0.05, 0) is 50.1 Å². The normalized spacial score (nSPS) is 10.0. The van der Waals surface area contributed by atoms with Crippen LogP contribution in [0.5, 0.6) is 0 Å². The lowest BCUT2D eigenvalue weighted by Crippen LogP contribution is -1.86. The second-order valence-electron chi connectivity index (χ2n) is 5.83. The molecule has 0 aliphatic heterocycles. The number of hydrogen-bond acceptors (Lipinski definition) is 6. The van der Waals surface area contributed by atoms with Gasteiger partial charge in [-0.25, -0.2) is 0 Å². The molecule has 0 aliphatic carbocycles. The average Bonchev–Trinajstić information content (AvgIpc) is 3.25. The molecule has 3 aromatic rings. The Bertz CT molecular complexity index is 884. The van der Waals surface area contributed by atoms with Crippen LogP contribution >= 0.6 is 61.7 Å². The monoisotopic (exact) mass is 492 g/mol. The van der Waals surface area contributed by atoms with Crippen LogP contribution in [0.2, 0.25) is 0 Å². The number of methoxy groups -OCH3 is 1. The molecule has 0 saturated heterocycles. The van der Waals surface area contributed by atoms with Crippen LogP contribution in [0.25, 0.3) is 0 Å². The van der Waals surface area contributed by atoms with E-state index in [0.29, 0.717) is 0 Å². The van der Waals surface area contributed by atoms with Gasteiger partial charge in [0.25, 0.3) is 0 Å². The first-order valence-corrected chi connectivity index (χ1v) is 12.5. The van der Waals surface area contributed by atoms with Gasteiger partial charge in [-0.2, -0.15) is 0 Å². The van der Waals surface area contributed by atoms with Crippen molar-refractivity contribution in [3.63, 3.8) is 0 Å². The molecule has 3 heterocycles. The molecule has 0 radical (unpaired) electrons. The lowest BCUT2D eigenvalue weighted by atomic mass is 10.3. The van der Waals surface area contributed by atoms with Crippen molar-refractivity contribution in [2.45, 2.75) is 34.0 Å². The predicted octanol–water partition coefficient (Wildman–Crippen LogP) is 4.12. The molecule has 28 heavy (non-hydrogen) atoms. The van der Waals surface area contributed by atoms with Crippen LogP contribution in [0.4, 0.5) is 0 Å². The molecule has 154 valence electrons. The highest BCUT2D eigenvalue weighted by Gasteiger charge is 2.01. The maximum absolute atomic E-state index is 10.2. The summed E-state index contributed by atoms with van der Waals surface area (Å²) in [6.07, 6.45) is 0.888. The number of carbonyl (C=O) groups excluding carboxylic acids is 1. The Balaban J connectivity index is 0.000000210. The van der Waals surface area contributed by atoms with Crippen molar-refractivity contribution in [3.05, 3.63) is 49.5 Å². The van der Waals surface area contributed by atoms with Crippen LogP contribution in [0.3, 0.4) is 0 Å². The van der Waals surface area contributed by atoms with Gasteiger partial charge in [0.15, 0.2) is 6.29 Å². The molecule has 3 rings (SSSR count). The molecule has 3 aromatic heterocycles. The summed E-state index contributed by atoms with van der Waals surface area (Å²) in [4.78, 5) is 13.9. The fourth-order valence-corrected chi connectivity index (χ4v) is 6.73. The van der Waals surface area contributed by atoms with E-state index in [9.17, 15) is 4.79 Å². The minimum atomic E-state index is 0.163. The van der Waals surface area contributed by atoms with Gasteiger partial charge in [0, 0.05) is 41.2 Å². The lowest BCUT2D eigenvalue weighted by molar-refractivity contribution is 0.112. The zero-order chi connectivity index (χ0) is 21.3. The summed E-state index contributed by atoms with van der Waals surface area (Å²) in [5.41, 5.74) is 3.16. The second-order valence-corrected chi connectivity index (χ2v) is 12.8. The van der Waals surface area contributed by atoms with Gasteiger partial charge in [-0.15, -0.1) is 34.0 Å². The maximum atomic E-state index is 10.2. The van der Waals surface area contributed by atoms with Crippen molar-refractivity contribution in [3.8, 4) is 0 Å². The topological polar surface area (TPSA) is 46.5 Å². The van der Waals surface area contributed by atoms with E-state index in [1.165, 1.54) is 24.6 Å². The molecule has 0 amide bonds. The zero-order valence-electron chi connectivity index (χ0n) is 16.4. The fraction of sp³-hybridized carbons (Fsp3) is 0.316. The number of thiophene rings is 3. The summed E-state index contributed by atoms with van der Waals surface area (Å²) in [6.45, 7) is 6.98. The largest absolute Gasteiger partial charge is 0.392 e. The number of ether oxygens (including phenoxy) is 1. The van der Waals surface area contributed by atoms with E-state index in [0.717, 1.165) is 33.5 Å². The van der Waals surface area contributed by atoms with Crippen LogP contribution < -0.4 is 13.9 Å². The Morgan fingerprint density at radius 2 is 1.36 bits per heavy atom. The minimum Gasteiger partial charge on any atom is -0.392 e. The third kappa shape index (κ3) is 8.78. The molecule has 0 fully saturated rings. The Morgan fingerprint density at radius 3 is 1.61 bits per heavy atom. The Kier molecular flexibility index (Phi) is 12.4. The number of aryl methyl sites for hydroxylation is 3. The molecule has 0 aromatic carbocycles. The Labute approximate surface area is 186 Å². The summed E-state index contributed by atoms with van der Waals surface area (Å²) >= 11 is 5.11. The molecule has 0 bridgehead atoms. The van der Waals surface area contributed by atoms with Crippen molar-refractivity contribution >= 4 is 81.9 Å². The van der Waals surface area contributed by atoms with E-state index in [1.807, 2.05) is 26.0 Å². The zero-order valence-corrected chi connectivity index (χ0v) is 22.4. The molecule has 3 atom stereocenters. The van der Waals surface area contributed by atoms with Crippen molar-refractivity contribution in [2.24, 2.45) is 0 Å².